The molecule has 0 spiro atoms. The van der Waals surface area contributed by atoms with Gasteiger partial charge < -0.3 is 24.6 Å². The fourth-order valence-electron chi connectivity index (χ4n) is 3.22. The molecule has 2 fully saturated rings. The average Bonchev–Trinajstić information content (AvgIpc) is 3.01. The first-order valence-corrected chi connectivity index (χ1v) is 8.58. The van der Waals surface area contributed by atoms with Gasteiger partial charge in [-0.2, -0.15) is 0 Å². The summed E-state index contributed by atoms with van der Waals surface area (Å²) >= 11 is 0. The van der Waals surface area contributed by atoms with E-state index in [9.17, 15) is 4.79 Å². The van der Waals surface area contributed by atoms with Gasteiger partial charge in [-0.25, -0.2) is 9.97 Å². The lowest BCUT2D eigenvalue weighted by Gasteiger charge is -2.37. The van der Waals surface area contributed by atoms with Gasteiger partial charge in [0.25, 0.3) is 0 Å². The molecule has 1 amide bonds. The molecule has 0 bridgehead atoms. The summed E-state index contributed by atoms with van der Waals surface area (Å²) in [4.78, 5) is 25.2. The number of carbonyl (C=O) groups excluding carboxylic acids is 1. The number of nitrogens with zero attached hydrogens (tertiary/aromatic N) is 4. The maximum absolute atomic E-state index is 12.4. The van der Waals surface area contributed by atoms with Crippen molar-refractivity contribution in [3.63, 3.8) is 0 Å². The van der Waals surface area contributed by atoms with Gasteiger partial charge in [0.15, 0.2) is 0 Å². The van der Waals surface area contributed by atoms with Crippen LogP contribution in [-0.4, -0.2) is 75.5 Å². The number of amides is 1. The Kier molecular flexibility index (Phi) is 5.10. The van der Waals surface area contributed by atoms with Crippen molar-refractivity contribution in [1.82, 2.24) is 15.3 Å². The van der Waals surface area contributed by atoms with E-state index in [1.807, 2.05) is 32.0 Å². The van der Waals surface area contributed by atoms with Crippen LogP contribution in [-0.2, 0) is 14.3 Å². The summed E-state index contributed by atoms with van der Waals surface area (Å²) in [6.07, 6.45) is 2.56. The van der Waals surface area contributed by atoms with Gasteiger partial charge in [-0.15, -0.1) is 0 Å². The number of carbonyl (C=O) groups is 1. The molecule has 2 saturated heterocycles. The number of hydrogen-bond acceptors (Lipinski definition) is 7. The second-order valence-corrected chi connectivity index (χ2v) is 7.29. The number of aromatic nitrogens is 2. The lowest BCUT2D eigenvalue weighted by Crippen LogP contribution is -2.54. The highest BCUT2D eigenvalue weighted by Crippen LogP contribution is 2.29. The lowest BCUT2D eigenvalue weighted by molar-refractivity contribution is -0.157. The Hall–Kier alpha value is -1.93. The van der Waals surface area contributed by atoms with Crippen LogP contribution < -0.4 is 15.1 Å². The number of hydrogen-bond donors (Lipinski definition) is 1. The van der Waals surface area contributed by atoms with E-state index in [0.29, 0.717) is 19.8 Å². The third-order valence-electron chi connectivity index (χ3n) is 4.99. The highest BCUT2D eigenvalue weighted by molar-refractivity contribution is 5.83. The molecule has 3 heterocycles. The molecule has 25 heavy (non-hydrogen) atoms. The van der Waals surface area contributed by atoms with Gasteiger partial charge in [-0.05, 0) is 13.3 Å². The standard InChI is InChI=1S/C17H27N5O3/c1-17(9-25-10-17)16(23)18-7-12-5-13(24-4)8-22(12)15-6-14(21(2)3)19-11-20-15/h6,11-13H,5,7-10H2,1-4H3,(H,18,23)/t12-,13-/m1/s1. The Bertz CT molecular complexity index is 620. The quantitative estimate of drug-likeness (QED) is 0.791. The topological polar surface area (TPSA) is 79.8 Å². The number of anilines is 2. The molecule has 0 saturated carbocycles. The van der Waals surface area contributed by atoms with Crippen molar-refractivity contribution in [2.24, 2.45) is 5.41 Å². The van der Waals surface area contributed by atoms with Crippen molar-refractivity contribution < 1.29 is 14.3 Å². The molecule has 0 aromatic carbocycles. The Balaban J connectivity index is 1.70. The molecule has 138 valence electrons. The lowest BCUT2D eigenvalue weighted by atomic mass is 9.87. The van der Waals surface area contributed by atoms with Gasteiger partial charge in [-0.1, -0.05) is 0 Å². The smallest absolute Gasteiger partial charge is 0.230 e. The number of ether oxygens (including phenoxy) is 2. The van der Waals surface area contributed by atoms with Gasteiger partial charge >= 0.3 is 0 Å². The molecular formula is C17H27N5O3. The molecule has 8 heteroatoms. The van der Waals surface area contributed by atoms with Crippen molar-refractivity contribution in [3.05, 3.63) is 12.4 Å². The van der Waals surface area contributed by atoms with Crippen LogP contribution in [0.15, 0.2) is 12.4 Å². The van der Waals surface area contributed by atoms with Crippen LogP contribution in [0.1, 0.15) is 13.3 Å². The molecule has 1 aromatic heterocycles. The largest absolute Gasteiger partial charge is 0.380 e. The summed E-state index contributed by atoms with van der Waals surface area (Å²) in [5.74, 6) is 1.76. The van der Waals surface area contributed by atoms with Crippen molar-refractivity contribution in [2.75, 3.05) is 57.3 Å². The molecule has 3 rings (SSSR count). The van der Waals surface area contributed by atoms with E-state index in [0.717, 1.165) is 24.6 Å². The zero-order valence-electron chi connectivity index (χ0n) is 15.4. The van der Waals surface area contributed by atoms with E-state index in [1.54, 1.807) is 13.4 Å². The van der Waals surface area contributed by atoms with Gasteiger partial charge in [0.05, 0.1) is 30.8 Å². The fraction of sp³-hybridized carbons (Fsp3) is 0.706. The minimum Gasteiger partial charge on any atom is -0.380 e. The van der Waals surface area contributed by atoms with Crippen molar-refractivity contribution >= 4 is 17.5 Å². The second kappa shape index (κ2) is 7.13. The molecule has 0 radical (unpaired) electrons. The summed E-state index contributed by atoms with van der Waals surface area (Å²) < 4.78 is 10.7. The predicted molar refractivity (Wildman–Crippen MR) is 94.8 cm³/mol. The number of rotatable bonds is 6. The summed E-state index contributed by atoms with van der Waals surface area (Å²) in [5, 5.41) is 3.08. The Morgan fingerprint density at radius 1 is 1.48 bits per heavy atom. The molecular weight excluding hydrogens is 322 g/mol. The van der Waals surface area contributed by atoms with Gasteiger partial charge in [0.1, 0.15) is 18.0 Å². The minimum atomic E-state index is -0.392. The van der Waals surface area contributed by atoms with Crippen LogP contribution in [0, 0.1) is 5.41 Å². The fourth-order valence-corrected chi connectivity index (χ4v) is 3.22. The normalized spacial score (nSPS) is 24.7. The van der Waals surface area contributed by atoms with Crippen LogP contribution in [0.25, 0.3) is 0 Å². The third kappa shape index (κ3) is 3.69. The van der Waals surface area contributed by atoms with Gasteiger partial charge in [0.2, 0.25) is 5.91 Å². The highest BCUT2D eigenvalue weighted by Gasteiger charge is 2.42. The Labute approximate surface area is 148 Å². The van der Waals surface area contributed by atoms with E-state index >= 15 is 0 Å². The summed E-state index contributed by atoms with van der Waals surface area (Å²) in [6, 6.07) is 2.11. The molecule has 8 nitrogen and oxygen atoms in total. The molecule has 2 atom stereocenters. The van der Waals surface area contributed by atoms with E-state index in [1.165, 1.54) is 0 Å². The van der Waals surface area contributed by atoms with Crippen LogP contribution in [0.3, 0.4) is 0 Å². The highest BCUT2D eigenvalue weighted by atomic mass is 16.5. The SMILES string of the molecule is CO[C@@H]1C[C@H](CNC(=O)C2(C)COC2)N(c2cc(N(C)C)ncn2)C1. The van der Waals surface area contributed by atoms with E-state index in [4.69, 9.17) is 9.47 Å². The van der Waals surface area contributed by atoms with E-state index in [2.05, 4.69) is 20.2 Å². The minimum absolute atomic E-state index is 0.0521. The Morgan fingerprint density at radius 3 is 2.84 bits per heavy atom. The first-order valence-electron chi connectivity index (χ1n) is 8.58. The van der Waals surface area contributed by atoms with E-state index in [-0.39, 0.29) is 18.1 Å². The van der Waals surface area contributed by atoms with Crippen LogP contribution >= 0.6 is 0 Å². The van der Waals surface area contributed by atoms with Crippen molar-refractivity contribution in [2.45, 2.75) is 25.5 Å². The monoisotopic (exact) mass is 349 g/mol. The predicted octanol–water partition coefficient (Wildman–Crippen LogP) is 0.289. The molecule has 0 unspecified atom stereocenters. The Morgan fingerprint density at radius 2 is 2.24 bits per heavy atom. The van der Waals surface area contributed by atoms with Crippen molar-refractivity contribution in [1.29, 1.82) is 0 Å². The maximum Gasteiger partial charge on any atom is 0.230 e. The number of nitrogens with one attached hydrogen (secondary N) is 1. The first-order chi connectivity index (χ1) is 11.9. The summed E-state index contributed by atoms with van der Waals surface area (Å²) in [6.45, 7) is 4.24. The summed E-state index contributed by atoms with van der Waals surface area (Å²) in [5.41, 5.74) is -0.392. The third-order valence-corrected chi connectivity index (χ3v) is 4.99. The van der Waals surface area contributed by atoms with Crippen LogP contribution in [0.2, 0.25) is 0 Å². The van der Waals surface area contributed by atoms with Crippen LogP contribution in [0.4, 0.5) is 11.6 Å². The maximum atomic E-state index is 12.4. The molecule has 0 aliphatic carbocycles. The van der Waals surface area contributed by atoms with E-state index < -0.39 is 5.41 Å². The average molecular weight is 349 g/mol. The van der Waals surface area contributed by atoms with Gasteiger partial charge in [0, 0.05) is 40.4 Å². The summed E-state index contributed by atoms with van der Waals surface area (Å²) in [7, 11) is 5.63. The zero-order chi connectivity index (χ0) is 18.0. The number of methoxy groups -OCH3 is 1. The molecule has 1 N–H and O–H groups in total. The molecule has 1 aromatic rings. The first kappa shape index (κ1) is 17.9. The van der Waals surface area contributed by atoms with Gasteiger partial charge in [-0.3, -0.25) is 4.79 Å². The second-order valence-electron chi connectivity index (χ2n) is 7.29. The zero-order valence-corrected chi connectivity index (χ0v) is 15.4. The molecule has 2 aliphatic heterocycles. The van der Waals surface area contributed by atoms with Crippen LogP contribution in [0.5, 0.6) is 0 Å². The molecule has 2 aliphatic rings. The van der Waals surface area contributed by atoms with Crippen molar-refractivity contribution in [3.8, 4) is 0 Å².